The number of hydrogen-bond acceptors (Lipinski definition) is 4. The van der Waals surface area contributed by atoms with Crippen molar-refractivity contribution in [1.29, 1.82) is 0 Å². The van der Waals surface area contributed by atoms with Crippen LogP contribution in [0, 0.1) is 5.92 Å². The molecule has 4 heteroatoms. The third kappa shape index (κ3) is 1.58. The minimum atomic E-state index is 0.322. The van der Waals surface area contributed by atoms with Crippen LogP contribution in [-0.4, -0.2) is 25.4 Å². The number of hydrazine groups is 1. The van der Waals surface area contributed by atoms with Gasteiger partial charge in [-0.1, -0.05) is 0 Å². The summed E-state index contributed by atoms with van der Waals surface area (Å²) in [6.45, 7) is 1.89. The lowest BCUT2D eigenvalue weighted by Gasteiger charge is -2.23. The van der Waals surface area contributed by atoms with Crippen molar-refractivity contribution in [1.82, 2.24) is 11.0 Å². The average molecular weight is 155 g/mol. The first-order chi connectivity index (χ1) is 5.47. The van der Waals surface area contributed by atoms with E-state index in [1.165, 1.54) is 0 Å². The van der Waals surface area contributed by atoms with Crippen LogP contribution in [0.4, 0.5) is 0 Å². The van der Waals surface area contributed by atoms with Gasteiger partial charge in [-0.3, -0.25) is 9.83 Å². The van der Waals surface area contributed by atoms with Crippen LogP contribution in [0.2, 0.25) is 0 Å². The minimum Gasteiger partial charge on any atom is -0.297 e. The Labute approximate surface area is 66.0 Å². The molecular weight excluding hydrogens is 142 g/mol. The molecule has 0 spiro atoms. The van der Waals surface area contributed by atoms with Crippen LogP contribution in [0.25, 0.3) is 0 Å². The predicted octanol–water partition coefficient (Wildman–Crippen LogP) is -0.125. The van der Waals surface area contributed by atoms with E-state index < -0.39 is 0 Å². The van der Waals surface area contributed by atoms with Gasteiger partial charge in [-0.25, -0.2) is 5.43 Å². The second-order valence-corrected chi connectivity index (χ2v) is 3.02. The van der Waals surface area contributed by atoms with Gasteiger partial charge in [0.15, 0.2) is 0 Å². The van der Waals surface area contributed by atoms with Crippen molar-refractivity contribution in [2.45, 2.75) is 18.9 Å². The molecule has 2 atom stereocenters. The van der Waals surface area contributed by atoms with Crippen LogP contribution in [0.3, 0.4) is 0 Å². The SMILES string of the molecule is C1=NCC2CCNNOC2C1. The Morgan fingerprint density at radius 2 is 2.55 bits per heavy atom. The van der Waals surface area contributed by atoms with Crippen molar-refractivity contribution in [3.63, 3.8) is 0 Å². The maximum absolute atomic E-state index is 5.35. The van der Waals surface area contributed by atoms with Crippen molar-refractivity contribution in [3.8, 4) is 0 Å². The van der Waals surface area contributed by atoms with Gasteiger partial charge in [0.05, 0.1) is 6.10 Å². The van der Waals surface area contributed by atoms with Crippen molar-refractivity contribution < 1.29 is 4.84 Å². The third-order valence-electron chi connectivity index (χ3n) is 2.26. The normalized spacial score (nSPS) is 37.8. The first-order valence-corrected chi connectivity index (χ1v) is 4.08. The highest BCUT2D eigenvalue weighted by atomic mass is 16.7. The molecule has 1 fully saturated rings. The molecule has 0 bridgehead atoms. The Morgan fingerprint density at radius 3 is 3.55 bits per heavy atom. The average Bonchev–Trinajstić information content (AvgIpc) is 2.28. The minimum absolute atomic E-state index is 0.322. The fourth-order valence-electron chi connectivity index (χ4n) is 1.55. The summed E-state index contributed by atoms with van der Waals surface area (Å²) in [5, 5.41) is 0. The number of hydrogen-bond donors (Lipinski definition) is 2. The molecule has 0 aromatic heterocycles. The fraction of sp³-hybridized carbons (Fsp3) is 0.857. The maximum Gasteiger partial charge on any atom is 0.0902 e. The molecule has 1 saturated heterocycles. The monoisotopic (exact) mass is 155 g/mol. The van der Waals surface area contributed by atoms with Gasteiger partial charge in [-0.15, -0.1) is 5.59 Å². The van der Waals surface area contributed by atoms with Crippen molar-refractivity contribution in [2.75, 3.05) is 13.1 Å². The predicted molar refractivity (Wildman–Crippen MR) is 42.1 cm³/mol. The fourth-order valence-corrected chi connectivity index (χ4v) is 1.55. The van der Waals surface area contributed by atoms with E-state index in [4.69, 9.17) is 4.84 Å². The molecule has 62 valence electrons. The van der Waals surface area contributed by atoms with Gasteiger partial charge in [0.1, 0.15) is 0 Å². The van der Waals surface area contributed by atoms with Gasteiger partial charge in [-0.2, -0.15) is 0 Å². The topological polar surface area (TPSA) is 45.7 Å². The van der Waals surface area contributed by atoms with Gasteiger partial charge >= 0.3 is 0 Å². The molecule has 0 aromatic carbocycles. The highest BCUT2D eigenvalue weighted by Gasteiger charge is 2.25. The van der Waals surface area contributed by atoms with Crippen molar-refractivity contribution in [3.05, 3.63) is 0 Å². The highest BCUT2D eigenvalue weighted by molar-refractivity contribution is 5.59. The second kappa shape index (κ2) is 3.30. The maximum atomic E-state index is 5.35. The summed E-state index contributed by atoms with van der Waals surface area (Å²) in [5.74, 6) is 0.600. The van der Waals surface area contributed by atoms with E-state index >= 15 is 0 Å². The van der Waals surface area contributed by atoms with E-state index in [0.29, 0.717) is 12.0 Å². The molecule has 0 aromatic rings. The molecule has 2 aliphatic rings. The van der Waals surface area contributed by atoms with Crippen LogP contribution >= 0.6 is 0 Å². The van der Waals surface area contributed by atoms with Crippen molar-refractivity contribution in [2.24, 2.45) is 10.9 Å². The number of nitrogens with one attached hydrogen (secondary N) is 2. The van der Waals surface area contributed by atoms with Gasteiger partial charge in [0, 0.05) is 31.6 Å². The first-order valence-electron chi connectivity index (χ1n) is 4.08. The number of nitrogens with zero attached hydrogens (tertiary/aromatic N) is 1. The molecule has 0 aliphatic carbocycles. The van der Waals surface area contributed by atoms with E-state index in [1.54, 1.807) is 0 Å². The number of aliphatic imine (C=N–C) groups is 1. The summed E-state index contributed by atoms with van der Waals surface area (Å²) in [6, 6.07) is 0. The lowest BCUT2D eigenvalue weighted by atomic mass is 9.95. The molecule has 2 heterocycles. The second-order valence-electron chi connectivity index (χ2n) is 3.02. The Kier molecular flexibility index (Phi) is 2.16. The first kappa shape index (κ1) is 7.21. The molecule has 2 unspecified atom stereocenters. The van der Waals surface area contributed by atoms with Gasteiger partial charge < -0.3 is 0 Å². The Balaban J connectivity index is 2.00. The quantitative estimate of drug-likeness (QED) is 0.512. The van der Waals surface area contributed by atoms with Crippen LogP contribution in [-0.2, 0) is 4.84 Å². The zero-order valence-electron chi connectivity index (χ0n) is 6.42. The van der Waals surface area contributed by atoms with E-state index in [-0.39, 0.29) is 0 Å². The zero-order valence-corrected chi connectivity index (χ0v) is 6.42. The van der Waals surface area contributed by atoms with Crippen LogP contribution in [0.1, 0.15) is 12.8 Å². The molecule has 2 N–H and O–H groups in total. The lowest BCUT2D eigenvalue weighted by molar-refractivity contribution is -0.0545. The van der Waals surface area contributed by atoms with Gasteiger partial charge in [-0.05, 0) is 6.42 Å². The highest BCUT2D eigenvalue weighted by Crippen LogP contribution is 2.18. The molecule has 0 radical (unpaired) electrons. The Morgan fingerprint density at radius 1 is 1.55 bits per heavy atom. The Hall–Kier alpha value is -0.450. The summed E-state index contributed by atoms with van der Waals surface area (Å²) in [4.78, 5) is 9.60. The molecule has 2 rings (SSSR count). The molecule has 0 amide bonds. The lowest BCUT2D eigenvalue weighted by Crippen LogP contribution is -2.35. The van der Waals surface area contributed by atoms with Crippen LogP contribution in [0.15, 0.2) is 4.99 Å². The van der Waals surface area contributed by atoms with E-state index in [1.807, 2.05) is 6.21 Å². The summed E-state index contributed by atoms with van der Waals surface area (Å²) in [5.41, 5.74) is 5.71. The van der Waals surface area contributed by atoms with Gasteiger partial charge in [0.25, 0.3) is 0 Å². The Bertz CT molecular complexity index is 144. The third-order valence-corrected chi connectivity index (χ3v) is 2.26. The molecule has 11 heavy (non-hydrogen) atoms. The molecular formula is C7H13N3O. The van der Waals surface area contributed by atoms with Crippen LogP contribution in [0.5, 0.6) is 0 Å². The largest absolute Gasteiger partial charge is 0.297 e. The van der Waals surface area contributed by atoms with Crippen molar-refractivity contribution >= 4 is 6.21 Å². The van der Waals surface area contributed by atoms with Crippen LogP contribution < -0.4 is 11.0 Å². The summed E-state index contributed by atoms with van der Waals surface area (Å²) in [7, 11) is 0. The molecule has 0 saturated carbocycles. The zero-order chi connectivity index (χ0) is 7.52. The molecule has 2 aliphatic heterocycles. The van der Waals surface area contributed by atoms with E-state index in [2.05, 4.69) is 16.0 Å². The number of fused-ring (bicyclic) bond motifs is 1. The molecule has 4 nitrogen and oxygen atoms in total. The summed E-state index contributed by atoms with van der Waals surface area (Å²) < 4.78 is 0. The summed E-state index contributed by atoms with van der Waals surface area (Å²) in [6.07, 6.45) is 4.37. The van der Waals surface area contributed by atoms with E-state index in [0.717, 1.165) is 25.9 Å². The van der Waals surface area contributed by atoms with Gasteiger partial charge in [0.2, 0.25) is 0 Å². The number of rotatable bonds is 0. The smallest absolute Gasteiger partial charge is 0.0902 e. The summed E-state index contributed by atoms with van der Waals surface area (Å²) >= 11 is 0. The standard InChI is InChI=1S/C7H13N3O/c1-4-9-10-11-7-2-3-8-5-6(1)7/h3,6-7,9-10H,1-2,4-5H2. The van der Waals surface area contributed by atoms with E-state index in [9.17, 15) is 0 Å².